The summed E-state index contributed by atoms with van der Waals surface area (Å²) >= 11 is 0. The molecule has 0 saturated heterocycles. The Morgan fingerprint density at radius 3 is 2.68 bits per heavy atom. The molecule has 1 aromatic heterocycles. The van der Waals surface area contributed by atoms with Crippen molar-refractivity contribution in [1.82, 2.24) is 4.98 Å². The van der Waals surface area contributed by atoms with E-state index in [2.05, 4.69) is 23.7 Å². The van der Waals surface area contributed by atoms with Crippen molar-refractivity contribution in [1.29, 1.82) is 0 Å². The average molecular weight is 259 g/mol. The van der Waals surface area contributed by atoms with E-state index in [-0.39, 0.29) is 12.6 Å². The van der Waals surface area contributed by atoms with Crippen molar-refractivity contribution < 1.29 is 5.11 Å². The first-order valence-corrected chi connectivity index (χ1v) is 6.63. The Hall–Kier alpha value is -1.65. The molecule has 19 heavy (non-hydrogen) atoms. The maximum Gasteiger partial charge on any atom is 0.129 e. The summed E-state index contributed by atoms with van der Waals surface area (Å²) in [5.41, 5.74) is 7.87. The second kappa shape index (κ2) is 5.99. The minimum Gasteiger partial charge on any atom is -0.395 e. The predicted molar refractivity (Wildman–Crippen MR) is 79.2 cm³/mol. The van der Waals surface area contributed by atoms with Gasteiger partial charge in [-0.1, -0.05) is 18.2 Å². The smallest absolute Gasteiger partial charge is 0.129 e. The van der Waals surface area contributed by atoms with Crippen molar-refractivity contribution in [2.45, 2.75) is 26.4 Å². The minimum atomic E-state index is 0.116. The molecule has 0 spiro atoms. The Morgan fingerprint density at radius 2 is 2.05 bits per heavy atom. The van der Waals surface area contributed by atoms with Gasteiger partial charge in [0.05, 0.1) is 12.1 Å². The molecular weight excluding hydrogens is 238 g/mol. The van der Waals surface area contributed by atoms with Crippen molar-refractivity contribution in [2.75, 3.05) is 18.1 Å². The molecule has 0 aliphatic carbocycles. The van der Waals surface area contributed by atoms with Crippen molar-refractivity contribution >= 4 is 16.7 Å². The summed E-state index contributed by atoms with van der Waals surface area (Å²) in [5, 5.41) is 10.3. The molecular formula is C15H21N3O. The Balaban J connectivity index is 2.54. The Morgan fingerprint density at radius 1 is 1.32 bits per heavy atom. The third kappa shape index (κ3) is 2.85. The standard InChI is InChI=1S/C15H21N3O/c1-11(2)18(7-8-19)15-9-12(10-16)13-5-3-4-6-14(13)17-15/h3-6,9,11,19H,7-8,10,16H2,1-2H3. The van der Waals surface area contributed by atoms with Crippen LogP contribution in [0.1, 0.15) is 19.4 Å². The number of aliphatic hydroxyl groups is 1. The highest BCUT2D eigenvalue weighted by molar-refractivity contribution is 5.84. The number of benzene rings is 1. The van der Waals surface area contributed by atoms with Gasteiger partial charge in [0, 0.05) is 24.5 Å². The summed E-state index contributed by atoms with van der Waals surface area (Å²) < 4.78 is 0. The van der Waals surface area contributed by atoms with E-state index in [9.17, 15) is 5.11 Å². The number of rotatable bonds is 5. The number of fused-ring (bicyclic) bond motifs is 1. The largest absolute Gasteiger partial charge is 0.395 e. The molecule has 0 atom stereocenters. The van der Waals surface area contributed by atoms with Crippen LogP contribution in [0.15, 0.2) is 30.3 Å². The lowest BCUT2D eigenvalue weighted by atomic mass is 10.1. The molecule has 2 rings (SSSR count). The van der Waals surface area contributed by atoms with Gasteiger partial charge in [-0.2, -0.15) is 0 Å². The van der Waals surface area contributed by atoms with Crippen molar-refractivity contribution in [3.05, 3.63) is 35.9 Å². The number of para-hydroxylation sites is 1. The van der Waals surface area contributed by atoms with E-state index >= 15 is 0 Å². The molecule has 102 valence electrons. The number of aromatic nitrogens is 1. The molecule has 0 radical (unpaired) electrons. The molecule has 0 aliphatic heterocycles. The average Bonchev–Trinajstić information content (AvgIpc) is 2.43. The normalized spacial score (nSPS) is 11.2. The predicted octanol–water partition coefficient (Wildman–Crippen LogP) is 1.90. The van der Waals surface area contributed by atoms with Gasteiger partial charge in [0.2, 0.25) is 0 Å². The first-order valence-electron chi connectivity index (χ1n) is 6.63. The fourth-order valence-corrected chi connectivity index (χ4v) is 2.29. The molecule has 0 aliphatic rings. The van der Waals surface area contributed by atoms with Gasteiger partial charge in [0.25, 0.3) is 0 Å². The molecule has 4 nitrogen and oxygen atoms in total. The number of aliphatic hydroxyl groups excluding tert-OH is 1. The highest BCUT2D eigenvalue weighted by Crippen LogP contribution is 2.23. The second-order valence-electron chi connectivity index (χ2n) is 4.87. The molecule has 2 aromatic rings. The number of hydrogen-bond acceptors (Lipinski definition) is 4. The van der Waals surface area contributed by atoms with Gasteiger partial charge < -0.3 is 15.7 Å². The van der Waals surface area contributed by atoms with Gasteiger partial charge in [-0.3, -0.25) is 0 Å². The van der Waals surface area contributed by atoms with Crippen LogP contribution in [0.4, 0.5) is 5.82 Å². The molecule has 1 heterocycles. The van der Waals surface area contributed by atoms with E-state index in [1.165, 1.54) is 0 Å². The lowest BCUT2D eigenvalue weighted by Crippen LogP contribution is -2.34. The summed E-state index contributed by atoms with van der Waals surface area (Å²) in [4.78, 5) is 6.77. The lowest BCUT2D eigenvalue weighted by molar-refractivity contribution is 0.298. The summed E-state index contributed by atoms with van der Waals surface area (Å²) in [6.45, 7) is 5.36. The highest BCUT2D eigenvalue weighted by Gasteiger charge is 2.13. The van der Waals surface area contributed by atoms with Crippen LogP contribution >= 0.6 is 0 Å². The first-order chi connectivity index (χ1) is 9.17. The van der Waals surface area contributed by atoms with Crippen LogP contribution < -0.4 is 10.6 Å². The quantitative estimate of drug-likeness (QED) is 0.861. The number of nitrogens with zero attached hydrogens (tertiary/aromatic N) is 2. The van der Waals surface area contributed by atoms with Crippen LogP contribution in [0, 0.1) is 0 Å². The van der Waals surface area contributed by atoms with Gasteiger partial charge in [-0.25, -0.2) is 4.98 Å². The van der Waals surface area contributed by atoms with E-state index in [4.69, 9.17) is 5.73 Å². The van der Waals surface area contributed by atoms with Gasteiger partial charge >= 0.3 is 0 Å². The first kappa shape index (κ1) is 13.8. The van der Waals surface area contributed by atoms with Crippen LogP contribution in [0.2, 0.25) is 0 Å². The van der Waals surface area contributed by atoms with Crippen molar-refractivity contribution in [3.63, 3.8) is 0 Å². The summed E-state index contributed by atoms with van der Waals surface area (Å²) in [6.07, 6.45) is 0. The Labute approximate surface area is 113 Å². The molecule has 3 N–H and O–H groups in total. The fraction of sp³-hybridized carbons (Fsp3) is 0.400. The summed E-state index contributed by atoms with van der Waals surface area (Å²) in [6, 6.07) is 10.3. The minimum absolute atomic E-state index is 0.116. The van der Waals surface area contributed by atoms with Crippen LogP contribution in [-0.4, -0.2) is 29.3 Å². The fourth-order valence-electron chi connectivity index (χ4n) is 2.29. The van der Waals surface area contributed by atoms with Gasteiger partial charge in [-0.05, 0) is 31.5 Å². The van der Waals surface area contributed by atoms with Crippen molar-refractivity contribution in [2.24, 2.45) is 5.73 Å². The zero-order chi connectivity index (χ0) is 13.8. The molecule has 0 fully saturated rings. The molecule has 0 bridgehead atoms. The number of hydrogen-bond donors (Lipinski definition) is 2. The molecule has 0 amide bonds. The monoisotopic (exact) mass is 259 g/mol. The Kier molecular flexibility index (Phi) is 4.35. The zero-order valence-electron chi connectivity index (χ0n) is 11.5. The summed E-state index contributed by atoms with van der Waals surface area (Å²) in [7, 11) is 0. The number of nitrogens with two attached hydrogens (primary N) is 1. The molecule has 0 saturated carbocycles. The molecule has 1 aromatic carbocycles. The van der Waals surface area contributed by atoms with Gasteiger partial charge in [0.15, 0.2) is 0 Å². The Bertz CT molecular complexity index is 554. The van der Waals surface area contributed by atoms with Crippen LogP contribution in [-0.2, 0) is 6.54 Å². The molecule has 4 heteroatoms. The molecule has 0 unspecified atom stereocenters. The summed E-state index contributed by atoms with van der Waals surface area (Å²) in [5.74, 6) is 0.878. The maximum absolute atomic E-state index is 9.19. The van der Waals surface area contributed by atoms with Crippen LogP contribution in [0.3, 0.4) is 0 Å². The van der Waals surface area contributed by atoms with E-state index in [1.807, 2.05) is 30.3 Å². The SMILES string of the molecule is CC(C)N(CCO)c1cc(CN)c2ccccc2n1. The van der Waals surface area contributed by atoms with Crippen molar-refractivity contribution in [3.8, 4) is 0 Å². The third-order valence-electron chi connectivity index (χ3n) is 3.27. The van der Waals surface area contributed by atoms with Gasteiger partial charge in [0.1, 0.15) is 5.82 Å². The van der Waals surface area contributed by atoms with E-state index in [1.54, 1.807) is 0 Å². The second-order valence-corrected chi connectivity index (χ2v) is 4.87. The van der Waals surface area contributed by atoms with E-state index < -0.39 is 0 Å². The topological polar surface area (TPSA) is 62.4 Å². The number of anilines is 1. The van der Waals surface area contributed by atoms with Crippen LogP contribution in [0.25, 0.3) is 10.9 Å². The number of pyridine rings is 1. The van der Waals surface area contributed by atoms with Crippen LogP contribution in [0.5, 0.6) is 0 Å². The van der Waals surface area contributed by atoms with E-state index in [0.29, 0.717) is 13.1 Å². The lowest BCUT2D eigenvalue weighted by Gasteiger charge is -2.27. The maximum atomic E-state index is 9.19. The van der Waals surface area contributed by atoms with Gasteiger partial charge in [-0.15, -0.1) is 0 Å². The zero-order valence-corrected chi connectivity index (χ0v) is 11.5. The highest BCUT2D eigenvalue weighted by atomic mass is 16.3. The van der Waals surface area contributed by atoms with E-state index in [0.717, 1.165) is 22.3 Å². The third-order valence-corrected chi connectivity index (χ3v) is 3.27.